The molecule has 1 aromatic carbocycles. The van der Waals surface area contributed by atoms with Crippen molar-refractivity contribution in [3.63, 3.8) is 0 Å². The van der Waals surface area contributed by atoms with Crippen molar-refractivity contribution in [1.29, 1.82) is 0 Å². The molecule has 3 amide bonds. The number of hydrogen-bond donors (Lipinski definition) is 3. The van der Waals surface area contributed by atoms with Crippen LogP contribution in [0.5, 0.6) is 0 Å². The van der Waals surface area contributed by atoms with Crippen molar-refractivity contribution in [2.24, 2.45) is 0 Å². The maximum Gasteiger partial charge on any atom is 0.313 e. The second-order valence-electron chi connectivity index (χ2n) is 4.44. The second-order valence-corrected chi connectivity index (χ2v) is 4.44. The minimum atomic E-state index is -0.726. The van der Waals surface area contributed by atoms with E-state index >= 15 is 0 Å². The first-order chi connectivity index (χ1) is 9.41. The van der Waals surface area contributed by atoms with Crippen molar-refractivity contribution in [1.82, 2.24) is 10.6 Å². The summed E-state index contributed by atoms with van der Waals surface area (Å²) in [4.78, 5) is 33.9. The molecule has 0 saturated heterocycles. The molecule has 0 aromatic heterocycles. The van der Waals surface area contributed by atoms with Gasteiger partial charge in [0.2, 0.25) is 5.91 Å². The molecule has 0 saturated carbocycles. The third kappa shape index (κ3) is 4.72. The van der Waals surface area contributed by atoms with E-state index in [4.69, 9.17) is 0 Å². The molecule has 0 aliphatic rings. The average molecular weight is 277 g/mol. The van der Waals surface area contributed by atoms with E-state index in [0.717, 1.165) is 11.1 Å². The zero-order valence-corrected chi connectivity index (χ0v) is 11.9. The lowest BCUT2D eigenvalue weighted by atomic mass is 10.1. The van der Waals surface area contributed by atoms with Crippen LogP contribution < -0.4 is 16.0 Å². The van der Waals surface area contributed by atoms with Gasteiger partial charge in [-0.3, -0.25) is 14.4 Å². The van der Waals surface area contributed by atoms with Gasteiger partial charge in [0.25, 0.3) is 0 Å². The zero-order valence-electron chi connectivity index (χ0n) is 11.9. The molecule has 0 radical (unpaired) electrons. The second kappa shape index (κ2) is 7.28. The maximum absolute atomic E-state index is 11.7. The number of amides is 3. The summed E-state index contributed by atoms with van der Waals surface area (Å²) in [6.07, 6.45) is 0. The van der Waals surface area contributed by atoms with E-state index in [0.29, 0.717) is 5.69 Å². The number of benzene rings is 1. The first-order valence-electron chi connectivity index (χ1n) is 6.31. The van der Waals surface area contributed by atoms with Crippen molar-refractivity contribution in [2.45, 2.75) is 20.8 Å². The van der Waals surface area contributed by atoms with Gasteiger partial charge >= 0.3 is 11.8 Å². The zero-order chi connectivity index (χ0) is 15.1. The molecule has 108 valence electrons. The molecular formula is C14H19N3O3. The summed E-state index contributed by atoms with van der Waals surface area (Å²) >= 11 is 0. The van der Waals surface area contributed by atoms with E-state index in [9.17, 15) is 14.4 Å². The lowest BCUT2D eigenvalue weighted by molar-refractivity contribution is -0.136. The maximum atomic E-state index is 11.7. The van der Waals surface area contributed by atoms with Crippen molar-refractivity contribution >= 4 is 23.4 Å². The van der Waals surface area contributed by atoms with Gasteiger partial charge in [-0.15, -0.1) is 0 Å². The lowest BCUT2D eigenvalue weighted by Crippen LogP contribution is -2.39. The van der Waals surface area contributed by atoms with Gasteiger partial charge in [-0.25, -0.2) is 0 Å². The Labute approximate surface area is 117 Å². The Hall–Kier alpha value is -2.37. The molecule has 1 aromatic rings. The van der Waals surface area contributed by atoms with Gasteiger partial charge in [0.1, 0.15) is 0 Å². The van der Waals surface area contributed by atoms with Crippen LogP contribution in [-0.2, 0) is 14.4 Å². The Morgan fingerprint density at radius 3 is 2.30 bits per heavy atom. The predicted molar refractivity (Wildman–Crippen MR) is 76.2 cm³/mol. The largest absolute Gasteiger partial charge is 0.355 e. The molecule has 0 aliphatic carbocycles. The van der Waals surface area contributed by atoms with E-state index < -0.39 is 11.8 Å². The topological polar surface area (TPSA) is 87.3 Å². The number of nitrogens with one attached hydrogen (secondary N) is 3. The van der Waals surface area contributed by atoms with Gasteiger partial charge in [0.05, 0.1) is 0 Å². The van der Waals surface area contributed by atoms with Crippen LogP contribution in [-0.4, -0.2) is 30.8 Å². The smallest absolute Gasteiger partial charge is 0.313 e. The highest BCUT2D eigenvalue weighted by Gasteiger charge is 2.14. The number of anilines is 1. The Morgan fingerprint density at radius 1 is 1.00 bits per heavy atom. The molecule has 0 bridgehead atoms. The molecule has 1 rings (SSSR count). The molecule has 0 aliphatic heterocycles. The van der Waals surface area contributed by atoms with Gasteiger partial charge in [-0.05, 0) is 31.0 Å². The Balaban J connectivity index is 2.48. The van der Waals surface area contributed by atoms with E-state index in [2.05, 4.69) is 16.0 Å². The SMILES string of the molecule is CC(=O)NCCNC(=O)C(=O)Nc1cccc(C)c1C. The van der Waals surface area contributed by atoms with Crippen LogP contribution in [0.15, 0.2) is 18.2 Å². The monoisotopic (exact) mass is 277 g/mol. The fourth-order valence-corrected chi connectivity index (χ4v) is 1.56. The van der Waals surface area contributed by atoms with Crippen LogP contribution >= 0.6 is 0 Å². The highest BCUT2D eigenvalue weighted by molar-refractivity contribution is 6.39. The summed E-state index contributed by atoms with van der Waals surface area (Å²) < 4.78 is 0. The minimum absolute atomic E-state index is 0.181. The molecule has 0 unspecified atom stereocenters. The van der Waals surface area contributed by atoms with Crippen LogP contribution in [0, 0.1) is 13.8 Å². The Morgan fingerprint density at radius 2 is 1.65 bits per heavy atom. The normalized spacial score (nSPS) is 9.75. The number of rotatable bonds is 4. The van der Waals surface area contributed by atoms with Crippen LogP contribution in [0.4, 0.5) is 5.69 Å². The van der Waals surface area contributed by atoms with Gasteiger partial charge in [0, 0.05) is 25.7 Å². The highest BCUT2D eigenvalue weighted by atomic mass is 16.2. The fraction of sp³-hybridized carbons (Fsp3) is 0.357. The quantitative estimate of drug-likeness (QED) is 0.553. The summed E-state index contributed by atoms with van der Waals surface area (Å²) in [5.74, 6) is -1.63. The highest BCUT2D eigenvalue weighted by Crippen LogP contribution is 2.17. The summed E-state index contributed by atoms with van der Waals surface area (Å²) in [7, 11) is 0. The van der Waals surface area contributed by atoms with Gasteiger partial charge in [-0.1, -0.05) is 12.1 Å². The number of hydrogen-bond acceptors (Lipinski definition) is 3. The Kier molecular flexibility index (Phi) is 5.71. The van der Waals surface area contributed by atoms with Crippen molar-refractivity contribution < 1.29 is 14.4 Å². The molecule has 0 heterocycles. The summed E-state index contributed by atoms with van der Waals surface area (Å²) in [5, 5.41) is 7.51. The predicted octanol–water partition coefficient (Wildman–Crippen LogP) is 0.494. The van der Waals surface area contributed by atoms with Gasteiger partial charge in [0.15, 0.2) is 0 Å². The first kappa shape index (κ1) is 15.7. The Bertz CT molecular complexity index is 526. The van der Waals surface area contributed by atoms with Gasteiger partial charge in [-0.2, -0.15) is 0 Å². The number of carbonyl (C=O) groups excluding carboxylic acids is 3. The first-order valence-corrected chi connectivity index (χ1v) is 6.31. The van der Waals surface area contributed by atoms with Crippen LogP contribution in [0.2, 0.25) is 0 Å². The number of aryl methyl sites for hydroxylation is 1. The van der Waals surface area contributed by atoms with Crippen molar-refractivity contribution in [3.05, 3.63) is 29.3 Å². The molecule has 6 nitrogen and oxygen atoms in total. The lowest BCUT2D eigenvalue weighted by Gasteiger charge is -2.10. The summed E-state index contributed by atoms with van der Waals surface area (Å²) in [6.45, 7) is 5.68. The molecule has 3 N–H and O–H groups in total. The van der Waals surface area contributed by atoms with Crippen LogP contribution in [0.1, 0.15) is 18.1 Å². The van der Waals surface area contributed by atoms with Gasteiger partial charge < -0.3 is 16.0 Å². The molecule has 6 heteroatoms. The van der Waals surface area contributed by atoms with Crippen molar-refractivity contribution in [2.75, 3.05) is 18.4 Å². The van der Waals surface area contributed by atoms with E-state index in [-0.39, 0.29) is 19.0 Å². The van der Waals surface area contributed by atoms with Crippen LogP contribution in [0.3, 0.4) is 0 Å². The fourth-order valence-electron chi connectivity index (χ4n) is 1.56. The van der Waals surface area contributed by atoms with Crippen molar-refractivity contribution in [3.8, 4) is 0 Å². The molecule has 0 atom stereocenters. The van der Waals surface area contributed by atoms with E-state index in [1.807, 2.05) is 26.0 Å². The van der Waals surface area contributed by atoms with E-state index in [1.165, 1.54) is 6.92 Å². The molecular weight excluding hydrogens is 258 g/mol. The third-order valence-electron chi connectivity index (χ3n) is 2.84. The van der Waals surface area contributed by atoms with E-state index in [1.54, 1.807) is 6.07 Å². The minimum Gasteiger partial charge on any atom is -0.355 e. The third-order valence-corrected chi connectivity index (χ3v) is 2.84. The summed E-state index contributed by atoms with van der Waals surface area (Å²) in [5.41, 5.74) is 2.58. The standard InChI is InChI=1S/C14H19N3O3/c1-9-5-4-6-12(10(9)2)17-14(20)13(19)16-8-7-15-11(3)18/h4-6H,7-8H2,1-3H3,(H,15,18)(H,16,19)(H,17,20). The average Bonchev–Trinajstić information content (AvgIpc) is 2.39. The molecule has 0 spiro atoms. The number of carbonyl (C=O) groups is 3. The molecule has 0 fully saturated rings. The van der Waals surface area contributed by atoms with Crippen LogP contribution in [0.25, 0.3) is 0 Å². The molecule has 20 heavy (non-hydrogen) atoms. The summed E-state index contributed by atoms with van der Waals surface area (Å²) in [6, 6.07) is 5.48.